The summed E-state index contributed by atoms with van der Waals surface area (Å²) in [6.45, 7) is 0.106. The maximum absolute atomic E-state index is 13.0. The van der Waals surface area contributed by atoms with E-state index in [2.05, 4.69) is 5.32 Å². The van der Waals surface area contributed by atoms with Crippen LogP contribution >= 0.6 is 0 Å². The molecule has 0 heterocycles. The Hall–Kier alpha value is -2.28. The summed E-state index contributed by atoms with van der Waals surface area (Å²) in [5.74, 6) is -2.68. The zero-order valence-electron chi connectivity index (χ0n) is 12.1. The first kappa shape index (κ1) is 17.1. The van der Waals surface area contributed by atoms with Crippen LogP contribution in [0.15, 0.2) is 48.5 Å². The lowest BCUT2D eigenvalue weighted by Crippen LogP contribution is -2.30. The molecule has 0 unspecified atom stereocenters. The molecule has 0 radical (unpaired) electrons. The second-order valence-corrected chi connectivity index (χ2v) is 7.13. The zero-order valence-corrected chi connectivity index (χ0v) is 12.9. The third-order valence-corrected chi connectivity index (χ3v) is 4.50. The highest BCUT2D eigenvalue weighted by Crippen LogP contribution is 2.09. The smallest absolute Gasteiger partial charge is 0.235 e. The third-order valence-electron chi connectivity index (χ3n) is 3.03. The summed E-state index contributed by atoms with van der Waals surface area (Å²) in [5.41, 5.74) is 0.943. The molecule has 0 aliphatic carbocycles. The molecular formula is C16H15F2NO3S. The highest BCUT2D eigenvalue weighted by Gasteiger charge is 2.17. The minimum atomic E-state index is -3.70. The van der Waals surface area contributed by atoms with Gasteiger partial charge in [-0.25, -0.2) is 17.2 Å². The van der Waals surface area contributed by atoms with Crippen LogP contribution < -0.4 is 5.32 Å². The fourth-order valence-corrected chi connectivity index (χ4v) is 3.28. The molecule has 122 valence electrons. The second-order valence-electron chi connectivity index (χ2n) is 5.07. The van der Waals surface area contributed by atoms with E-state index in [4.69, 9.17) is 0 Å². The molecule has 0 bridgehead atoms. The van der Waals surface area contributed by atoms with Crippen LogP contribution in [-0.2, 0) is 26.9 Å². The van der Waals surface area contributed by atoms with E-state index in [0.717, 1.165) is 6.07 Å². The molecule has 0 fully saturated rings. The molecule has 1 amide bonds. The normalized spacial score (nSPS) is 11.2. The van der Waals surface area contributed by atoms with Crippen molar-refractivity contribution in [2.75, 3.05) is 5.75 Å². The molecule has 0 aliphatic heterocycles. The number of carbonyl (C=O) groups excluding carboxylic acids is 1. The number of benzene rings is 2. The van der Waals surface area contributed by atoms with Crippen LogP contribution in [-0.4, -0.2) is 20.1 Å². The SMILES string of the molecule is O=C(CS(=O)(=O)Cc1cccc(F)c1)NCc1ccc(F)cc1. The third kappa shape index (κ3) is 5.78. The molecule has 0 saturated carbocycles. The molecule has 0 saturated heterocycles. The van der Waals surface area contributed by atoms with E-state index in [0.29, 0.717) is 5.56 Å². The predicted molar refractivity (Wildman–Crippen MR) is 82.1 cm³/mol. The van der Waals surface area contributed by atoms with Gasteiger partial charge in [0.1, 0.15) is 17.4 Å². The van der Waals surface area contributed by atoms with Crippen LogP contribution in [0, 0.1) is 11.6 Å². The first-order chi connectivity index (χ1) is 10.8. The van der Waals surface area contributed by atoms with Crippen molar-refractivity contribution in [1.82, 2.24) is 5.32 Å². The number of hydrogen-bond donors (Lipinski definition) is 1. The summed E-state index contributed by atoms with van der Waals surface area (Å²) in [5, 5.41) is 2.46. The molecule has 23 heavy (non-hydrogen) atoms. The Labute approximate surface area is 133 Å². The maximum Gasteiger partial charge on any atom is 0.235 e. The molecule has 0 atom stereocenters. The Morgan fingerprint density at radius 1 is 0.957 bits per heavy atom. The van der Waals surface area contributed by atoms with Gasteiger partial charge in [-0.3, -0.25) is 4.79 Å². The molecule has 0 aromatic heterocycles. The summed E-state index contributed by atoms with van der Waals surface area (Å²) in [7, 11) is -3.70. The van der Waals surface area contributed by atoms with Gasteiger partial charge in [0.15, 0.2) is 9.84 Å². The van der Waals surface area contributed by atoms with Crippen LogP contribution in [0.4, 0.5) is 8.78 Å². The van der Waals surface area contributed by atoms with E-state index >= 15 is 0 Å². The second kappa shape index (κ2) is 7.32. The molecule has 2 aromatic rings. The molecule has 2 aromatic carbocycles. The van der Waals surface area contributed by atoms with Crippen molar-refractivity contribution in [3.05, 3.63) is 71.3 Å². The summed E-state index contributed by atoms with van der Waals surface area (Å²) >= 11 is 0. The maximum atomic E-state index is 13.0. The lowest BCUT2D eigenvalue weighted by Gasteiger charge is -2.07. The monoisotopic (exact) mass is 339 g/mol. The highest BCUT2D eigenvalue weighted by atomic mass is 32.2. The van der Waals surface area contributed by atoms with Gasteiger partial charge in [0.25, 0.3) is 0 Å². The molecular weight excluding hydrogens is 324 g/mol. The number of nitrogens with one attached hydrogen (secondary N) is 1. The van der Waals surface area contributed by atoms with Gasteiger partial charge in [-0.15, -0.1) is 0 Å². The van der Waals surface area contributed by atoms with Crippen molar-refractivity contribution in [1.29, 1.82) is 0 Å². The lowest BCUT2D eigenvalue weighted by molar-refractivity contribution is -0.118. The molecule has 0 spiro atoms. The van der Waals surface area contributed by atoms with Gasteiger partial charge in [-0.1, -0.05) is 24.3 Å². The van der Waals surface area contributed by atoms with Crippen molar-refractivity contribution in [3.63, 3.8) is 0 Å². The Balaban J connectivity index is 1.89. The molecule has 0 aliphatic rings. The van der Waals surface area contributed by atoms with Gasteiger partial charge in [-0.05, 0) is 35.4 Å². The summed E-state index contributed by atoms with van der Waals surface area (Å²) in [6.07, 6.45) is 0. The average molecular weight is 339 g/mol. The van der Waals surface area contributed by atoms with Crippen molar-refractivity contribution < 1.29 is 22.0 Å². The Bertz CT molecular complexity index is 789. The van der Waals surface area contributed by atoms with Crippen molar-refractivity contribution in [2.45, 2.75) is 12.3 Å². The van der Waals surface area contributed by atoms with Crippen molar-refractivity contribution in [2.24, 2.45) is 0 Å². The molecule has 7 heteroatoms. The summed E-state index contributed by atoms with van der Waals surface area (Å²) in [6, 6.07) is 10.7. The van der Waals surface area contributed by atoms with Gasteiger partial charge in [-0.2, -0.15) is 0 Å². The number of halogens is 2. The predicted octanol–water partition coefficient (Wildman–Crippen LogP) is 2.20. The summed E-state index contributed by atoms with van der Waals surface area (Å²) in [4.78, 5) is 11.7. The number of amides is 1. The zero-order chi connectivity index (χ0) is 16.9. The van der Waals surface area contributed by atoms with Gasteiger partial charge in [0.2, 0.25) is 5.91 Å². The van der Waals surface area contributed by atoms with E-state index in [1.54, 1.807) is 0 Å². The molecule has 1 N–H and O–H groups in total. The van der Waals surface area contributed by atoms with E-state index < -0.39 is 38.9 Å². The van der Waals surface area contributed by atoms with Crippen LogP contribution in [0.3, 0.4) is 0 Å². The van der Waals surface area contributed by atoms with E-state index in [1.807, 2.05) is 0 Å². The Morgan fingerprint density at radius 2 is 1.65 bits per heavy atom. The summed E-state index contributed by atoms with van der Waals surface area (Å²) < 4.78 is 49.7. The van der Waals surface area contributed by atoms with Gasteiger partial charge in [0, 0.05) is 6.54 Å². The van der Waals surface area contributed by atoms with Crippen molar-refractivity contribution >= 4 is 15.7 Å². The molecule has 4 nitrogen and oxygen atoms in total. The van der Waals surface area contributed by atoms with E-state index in [1.165, 1.54) is 42.5 Å². The highest BCUT2D eigenvalue weighted by molar-refractivity contribution is 7.91. The van der Waals surface area contributed by atoms with Gasteiger partial charge in [0.05, 0.1) is 5.75 Å². The number of hydrogen-bond acceptors (Lipinski definition) is 3. The largest absolute Gasteiger partial charge is 0.351 e. The van der Waals surface area contributed by atoms with Crippen LogP contribution in [0.2, 0.25) is 0 Å². The Kier molecular flexibility index (Phi) is 5.44. The van der Waals surface area contributed by atoms with E-state index in [9.17, 15) is 22.0 Å². The minimum absolute atomic E-state index is 0.106. The number of rotatable bonds is 6. The quantitative estimate of drug-likeness (QED) is 0.877. The van der Waals surface area contributed by atoms with Crippen molar-refractivity contribution in [3.8, 4) is 0 Å². The average Bonchev–Trinajstić information content (AvgIpc) is 2.45. The topological polar surface area (TPSA) is 63.2 Å². The molecule has 2 rings (SSSR count). The number of sulfone groups is 1. The van der Waals surface area contributed by atoms with Crippen LogP contribution in [0.1, 0.15) is 11.1 Å². The standard InChI is InChI=1S/C16H15F2NO3S/c17-14-6-4-12(5-7-14)9-19-16(20)11-23(21,22)10-13-2-1-3-15(18)8-13/h1-8H,9-11H2,(H,19,20). The Morgan fingerprint density at radius 3 is 2.30 bits per heavy atom. The fourth-order valence-electron chi connectivity index (χ4n) is 1.99. The number of carbonyl (C=O) groups is 1. The van der Waals surface area contributed by atoms with Crippen LogP contribution in [0.5, 0.6) is 0 Å². The first-order valence-electron chi connectivity index (χ1n) is 6.80. The fraction of sp³-hybridized carbons (Fsp3) is 0.188. The first-order valence-corrected chi connectivity index (χ1v) is 8.62. The van der Waals surface area contributed by atoms with E-state index in [-0.39, 0.29) is 12.1 Å². The van der Waals surface area contributed by atoms with Crippen LogP contribution in [0.25, 0.3) is 0 Å². The van der Waals surface area contributed by atoms with Gasteiger partial charge < -0.3 is 5.32 Å². The minimum Gasteiger partial charge on any atom is -0.351 e. The lowest BCUT2D eigenvalue weighted by atomic mass is 10.2. The van der Waals surface area contributed by atoms with Gasteiger partial charge >= 0.3 is 0 Å².